The van der Waals surface area contributed by atoms with E-state index in [1.807, 2.05) is 0 Å². The lowest BCUT2D eigenvalue weighted by Crippen LogP contribution is -2.16. The van der Waals surface area contributed by atoms with Crippen molar-refractivity contribution >= 4 is 5.78 Å². The Morgan fingerprint density at radius 1 is 1.24 bits per heavy atom. The molecule has 1 rings (SSSR count). The van der Waals surface area contributed by atoms with E-state index in [0.717, 1.165) is 6.92 Å². The second-order valence-electron chi connectivity index (χ2n) is 3.27. The Balaban J connectivity index is 3.66. The van der Waals surface area contributed by atoms with Gasteiger partial charge in [0.25, 0.3) is 6.43 Å². The molecule has 7 heteroatoms. The Kier molecular flexibility index (Phi) is 3.49. The third-order valence-electron chi connectivity index (χ3n) is 2.03. The molecule has 1 aromatic rings. The van der Waals surface area contributed by atoms with Crippen LogP contribution < -0.4 is 0 Å². The van der Waals surface area contributed by atoms with Crippen molar-refractivity contribution < 1.29 is 31.1 Å². The second-order valence-corrected chi connectivity index (χ2v) is 3.27. The summed E-state index contributed by atoms with van der Waals surface area (Å²) in [4.78, 5) is 10.9. The summed E-state index contributed by atoms with van der Waals surface area (Å²) >= 11 is 0. The second kappa shape index (κ2) is 4.38. The first-order valence-electron chi connectivity index (χ1n) is 4.34. The molecule has 0 unspecified atom stereocenters. The van der Waals surface area contributed by atoms with Gasteiger partial charge < -0.3 is 0 Å². The molecule has 0 aliphatic heterocycles. The summed E-state index contributed by atoms with van der Waals surface area (Å²) in [5.41, 5.74) is -4.39. The van der Waals surface area contributed by atoms with Crippen molar-refractivity contribution in [2.75, 3.05) is 0 Å². The van der Waals surface area contributed by atoms with Crippen LogP contribution in [0.4, 0.5) is 26.3 Å². The molecule has 1 nitrogen and oxygen atoms in total. The number of carbonyl (C=O) groups excluding carboxylic acids is 1. The van der Waals surface area contributed by atoms with E-state index in [4.69, 9.17) is 0 Å². The summed E-state index contributed by atoms with van der Waals surface area (Å²) < 4.78 is 75.3. The number of ketones is 1. The number of Topliss-reactive ketones (excluding diaryl/α,β-unsaturated/α-hetero) is 1. The molecule has 0 fully saturated rings. The molecule has 0 aliphatic rings. The van der Waals surface area contributed by atoms with Crippen molar-refractivity contribution in [3.05, 3.63) is 34.6 Å². The summed E-state index contributed by atoms with van der Waals surface area (Å²) in [6.07, 6.45) is -8.65. The maximum Gasteiger partial charge on any atom is 0.417 e. The molecular weight excluding hydrogens is 250 g/mol. The molecule has 0 saturated heterocycles. The van der Waals surface area contributed by atoms with Gasteiger partial charge in [0.2, 0.25) is 0 Å². The standard InChI is InChI=1S/C10H6F6O/c1-4(17)6-2-5(11)3-7(9(12)13)8(6)10(14,15)16/h2-3,9H,1H3. The maximum absolute atomic E-state index is 12.9. The van der Waals surface area contributed by atoms with Gasteiger partial charge in [0.1, 0.15) is 5.82 Å². The number of rotatable bonds is 2. The zero-order chi connectivity index (χ0) is 13.4. The van der Waals surface area contributed by atoms with Crippen molar-refractivity contribution in [3.8, 4) is 0 Å². The fraction of sp³-hybridized carbons (Fsp3) is 0.300. The third kappa shape index (κ3) is 2.78. The van der Waals surface area contributed by atoms with E-state index in [0.29, 0.717) is 6.07 Å². The van der Waals surface area contributed by atoms with Crippen molar-refractivity contribution in [1.29, 1.82) is 0 Å². The monoisotopic (exact) mass is 256 g/mol. The van der Waals surface area contributed by atoms with Crippen molar-refractivity contribution in [2.24, 2.45) is 0 Å². The first-order valence-corrected chi connectivity index (χ1v) is 4.34. The van der Waals surface area contributed by atoms with Crippen LogP contribution >= 0.6 is 0 Å². The smallest absolute Gasteiger partial charge is 0.294 e. The normalized spacial score (nSPS) is 12.0. The number of hydrogen-bond donors (Lipinski definition) is 0. The van der Waals surface area contributed by atoms with E-state index >= 15 is 0 Å². The van der Waals surface area contributed by atoms with Crippen LogP contribution in [-0.2, 0) is 6.18 Å². The van der Waals surface area contributed by atoms with E-state index in [2.05, 4.69) is 0 Å². The number of carbonyl (C=O) groups is 1. The maximum atomic E-state index is 12.9. The van der Waals surface area contributed by atoms with E-state index in [1.54, 1.807) is 0 Å². The average Bonchev–Trinajstić information content (AvgIpc) is 2.14. The van der Waals surface area contributed by atoms with Crippen LogP contribution in [0.15, 0.2) is 12.1 Å². The molecule has 0 N–H and O–H groups in total. The minimum atomic E-state index is -5.14. The molecule has 0 amide bonds. The zero-order valence-electron chi connectivity index (χ0n) is 8.41. The van der Waals surface area contributed by atoms with Crippen molar-refractivity contribution in [2.45, 2.75) is 19.5 Å². The molecule has 0 atom stereocenters. The van der Waals surface area contributed by atoms with Crippen LogP contribution in [0.2, 0.25) is 0 Å². The van der Waals surface area contributed by atoms with Crippen LogP contribution in [0.5, 0.6) is 0 Å². The summed E-state index contributed by atoms with van der Waals surface area (Å²) in [5, 5.41) is 0. The van der Waals surface area contributed by atoms with Crippen LogP contribution in [0, 0.1) is 5.82 Å². The largest absolute Gasteiger partial charge is 0.417 e. The van der Waals surface area contributed by atoms with Gasteiger partial charge in [-0.3, -0.25) is 4.79 Å². The minimum Gasteiger partial charge on any atom is -0.294 e. The highest BCUT2D eigenvalue weighted by atomic mass is 19.4. The average molecular weight is 256 g/mol. The van der Waals surface area contributed by atoms with E-state index in [9.17, 15) is 31.1 Å². The molecule has 0 saturated carbocycles. The van der Waals surface area contributed by atoms with Gasteiger partial charge >= 0.3 is 6.18 Å². The molecular formula is C10H6F6O. The molecule has 94 valence electrons. The lowest BCUT2D eigenvalue weighted by atomic mass is 9.98. The highest BCUT2D eigenvalue weighted by molar-refractivity contribution is 5.96. The van der Waals surface area contributed by atoms with Gasteiger partial charge in [0.05, 0.1) is 5.56 Å². The quantitative estimate of drug-likeness (QED) is 0.577. The van der Waals surface area contributed by atoms with Crippen LogP contribution in [0.3, 0.4) is 0 Å². The van der Waals surface area contributed by atoms with Gasteiger partial charge in [0, 0.05) is 11.1 Å². The fourth-order valence-corrected chi connectivity index (χ4v) is 1.39. The van der Waals surface area contributed by atoms with Crippen LogP contribution in [0.25, 0.3) is 0 Å². The Morgan fingerprint density at radius 3 is 2.12 bits per heavy atom. The molecule has 0 aliphatic carbocycles. The molecule has 0 bridgehead atoms. The van der Waals surface area contributed by atoms with Gasteiger partial charge in [0.15, 0.2) is 5.78 Å². The number of hydrogen-bond acceptors (Lipinski definition) is 1. The van der Waals surface area contributed by atoms with E-state index < -0.39 is 40.9 Å². The summed E-state index contributed by atoms with van der Waals surface area (Å²) in [7, 11) is 0. The van der Waals surface area contributed by atoms with Gasteiger partial charge in [-0.15, -0.1) is 0 Å². The summed E-state index contributed by atoms with van der Waals surface area (Å²) in [5.74, 6) is -2.43. The molecule has 0 heterocycles. The van der Waals surface area contributed by atoms with Crippen molar-refractivity contribution in [3.63, 3.8) is 0 Å². The summed E-state index contributed by atoms with van der Waals surface area (Å²) in [6, 6.07) is 0.386. The van der Waals surface area contributed by atoms with E-state index in [-0.39, 0.29) is 6.07 Å². The molecule has 17 heavy (non-hydrogen) atoms. The highest BCUT2D eigenvalue weighted by Crippen LogP contribution is 2.39. The number of alkyl halides is 5. The Bertz CT molecular complexity index is 449. The molecule has 0 radical (unpaired) electrons. The van der Waals surface area contributed by atoms with E-state index in [1.165, 1.54) is 0 Å². The first kappa shape index (κ1) is 13.5. The van der Waals surface area contributed by atoms with Gasteiger partial charge in [-0.05, 0) is 19.1 Å². The molecule has 0 spiro atoms. The van der Waals surface area contributed by atoms with Crippen LogP contribution in [-0.4, -0.2) is 5.78 Å². The summed E-state index contributed by atoms with van der Waals surface area (Å²) in [6.45, 7) is 0.749. The van der Waals surface area contributed by atoms with Crippen molar-refractivity contribution in [1.82, 2.24) is 0 Å². The predicted octanol–water partition coefficient (Wildman–Crippen LogP) is 3.98. The first-order chi connectivity index (χ1) is 7.64. The van der Waals surface area contributed by atoms with Gasteiger partial charge in [-0.1, -0.05) is 0 Å². The Labute approximate surface area is 92.0 Å². The lowest BCUT2D eigenvalue weighted by Gasteiger charge is -2.15. The highest BCUT2D eigenvalue weighted by Gasteiger charge is 2.39. The van der Waals surface area contributed by atoms with Crippen LogP contribution in [0.1, 0.15) is 34.8 Å². The Morgan fingerprint density at radius 2 is 1.76 bits per heavy atom. The minimum absolute atomic E-state index is 0.0833. The predicted molar refractivity (Wildman–Crippen MR) is 46.4 cm³/mol. The number of benzene rings is 1. The third-order valence-corrected chi connectivity index (χ3v) is 2.03. The van der Waals surface area contributed by atoms with Gasteiger partial charge in [-0.25, -0.2) is 13.2 Å². The molecule has 1 aromatic carbocycles. The SMILES string of the molecule is CC(=O)c1cc(F)cc(C(F)F)c1C(F)(F)F. The lowest BCUT2D eigenvalue weighted by molar-refractivity contribution is -0.139. The zero-order valence-corrected chi connectivity index (χ0v) is 8.41. The Hall–Kier alpha value is -1.53. The topological polar surface area (TPSA) is 17.1 Å². The fourth-order valence-electron chi connectivity index (χ4n) is 1.39. The molecule has 0 aromatic heterocycles. The number of halogens is 6. The van der Waals surface area contributed by atoms with Gasteiger partial charge in [-0.2, -0.15) is 13.2 Å².